The summed E-state index contributed by atoms with van der Waals surface area (Å²) in [5, 5.41) is 9.59. The first kappa shape index (κ1) is 20.4. The molecule has 0 bridgehead atoms. The summed E-state index contributed by atoms with van der Waals surface area (Å²) in [6, 6.07) is 14.0. The zero-order valence-electron chi connectivity index (χ0n) is 14.9. The molecule has 0 atom stereocenters. The molecule has 1 aromatic heterocycles. The van der Waals surface area contributed by atoms with Crippen LogP contribution in [0.5, 0.6) is 0 Å². The van der Waals surface area contributed by atoms with Gasteiger partial charge in [-0.25, -0.2) is 4.79 Å². The molecule has 0 fully saturated rings. The number of halogens is 3. The molecule has 2 aromatic carbocycles. The van der Waals surface area contributed by atoms with Crippen molar-refractivity contribution in [3.63, 3.8) is 0 Å². The fourth-order valence-corrected chi connectivity index (χ4v) is 3.21. The molecule has 150 valence electrons. The summed E-state index contributed by atoms with van der Waals surface area (Å²) < 4.78 is 39.5. The summed E-state index contributed by atoms with van der Waals surface area (Å²) in [5.41, 5.74) is -1.09. The predicted molar refractivity (Wildman–Crippen MR) is 106 cm³/mol. The van der Waals surface area contributed by atoms with Crippen molar-refractivity contribution in [3.05, 3.63) is 82.0 Å². The van der Waals surface area contributed by atoms with Gasteiger partial charge < -0.3 is 16.0 Å². The van der Waals surface area contributed by atoms with Gasteiger partial charge in [-0.3, -0.25) is 4.79 Å². The van der Waals surface area contributed by atoms with E-state index >= 15 is 0 Å². The monoisotopic (exact) mass is 419 g/mol. The van der Waals surface area contributed by atoms with Crippen LogP contribution in [0, 0.1) is 0 Å². The molecular formula is C20H16F3N3O2S. The molecule has 0 radical (unpaired) electrons. The summed E-state index contributed by atoms with van der Waals surface area (Å²) in [5.74, 6) is -0.925. The average molecular weight is 419 g/mol. The van der Waals surface area contributed by atoms with Gasteiger partial charge in [0.1, 0.15) is 0 Å². The second kappa shape index (κ2) is 8.78. The molecule has 3 rings (SSSR count). The van der Waals surface area contributed by atoms with Crippen molar-refractivity contribution in [2.24, 2.45) is 0 Å². The first-order chi connectivity index (χ1) is 13.8. The molecule has 3 amide bonds. The maximum Gasteiger partial charge on any atom is 0.417 e. The lowest BCUT2D eigenvalue weighted by Gasteiger charge is -2.15. The number of rotatable bonds is 5. The second-order valence-electron chi connectivity index (χ2n) is 5.93. The molecule has 5 nitrogen and oxygen atoms in total. The SMILES string of the molecule is O=C(NCc1cccs1)Nc1ccccc1NC(=O)c1ccccc1C(F)(F)F. The van der Waals surface area contributed by atoms with E-state index in [0.717, 1.165) is 17.0 Å². The van der Waals surface area contributed by atoms with Crippen LogP contribution in [0.1, 0.15) is 20.8 Å². The third-order valence-corrected chi connectivity index (χ3v) is 4.78. The van der Waals surface area contributed by atoms with E-state index < -0.39 is 29.2 Å². The number of carbonyl (C=O) groups excluding carboxylic acids is 2. The van der Waals surface area contributed by atoms with Gasteiger partial charge in [0.25, 0.3) is 5.91 Å². The van der Waals surface area contributed by atoms with Gasteiger partial charge in [0, 0.05) is 4.88 Å². The molecule has 3 aromatic rings. The lowest BCUT2D eigenvalue weighted by molar-refractivity contribution is -0.137. The second-order valence-corrected chi connectivity index (χ2v) is 6.96. The van der Waals surface area contributed by atoms with Crippen molar-refractivity contribution in [1.29, 1.82) is 0 Å². The number of carbonyl (C=O) groups is 2. The third kappa shape index (κ3) is 5.35. The fourth-order valence-electron chi connectivity index (χ4n) is 2.57. The number of alkyl halides is 3. The van der Waals surface area contributed by atoms with E-state index in [9.17, 15) is 22.8 Å². The number of amides is 3. The van der Waals surface area contributed by atoms with Gasteiger partial charge >= 0.3 is 12.2 Å². The van der Waals surface area contributed by atoms with E-state index in [2.05, 4.69) is 16.0 Å². The summed E-state index contributed by atoms with van der Waals surface area (Å²) in [6.45, 7) is 0.330. The van der Waals surface area contributed by atoms with Crippen molar-refractivity contribution >= 4 is 34.6 Å². The topological polar surface area (TPSA) is 70.2 Å². The minimum atomic E-state index is -4.66. The van der Waals surface area contributed by atoms with Gasteiger partial charge in [-0.1, -0.05) is 30.3 Å². The van der Waals surface area contributed by atoms with Crippen LogP contribution in [0.15, 0.2) is 66.0 Å². The molecular weight excluding hydrogens is 403 g/mol. The zero-order chi connectivity index (χ0) is 20.9. The van der Waals surface area contributed by atoms with Crippen molar-refractivity contribution in [1.82, 2.24) is 5.32 Å². The Kier molecular flexibility index (Phi) is 6.18. The van der Waals surface area contributed by atoms with Gasteiger partial charge in [0.2, 0.25) is 0 Å². The van der Waals surface area contributed by atoms with E-state index in [0.29, 0.717) is 6.54 Å². The quantitative estimate of drug-likeness (QED) is 0.522. The van der Waals surface area contributed by atoms with Crippen molar-refractivity contribution in [3.8, 4) is 0 Å². The number of hydrogen-bond donors (Lipinski definition) is 3. The van der Waals surface area contributed by atoms with Crippen LogP contribution < -0.4 is 16.0 Å². The molecule has 1 heterocycles. The normalized spacial score (nSPS) is 11.0. The molecule has 0 saturated heterocycles. The molecule has 0 aliphatic heterocycles. The molecule has 0 aliphatic carbocycles. The number of nitrogens with one attached hydrogen (secondary N) is 3. The van der Waals surface area contributed by atoms with Crippen LogP contribution in [0.4, 0.5) is 29.3 Å². The third-order valence-electron chi connectivity index (χ3n) is 3.90. The highest BCUT2D eigenvalue weighted by Gasteiger charge is 2.34. The minimum Gasteiger partial charge on any atom is -0.333 e. The number of thiophene rings is 1. The Morgan fingerprint density at radius 1 is 0.862 bits per heavy atom. The largest absolute Gasteiger partial charge is 0.417 e. The number of anilines is 2. The van der Waals surface area contributed by atoms with Gasteiger partial charge in [0.15, 0.2) is 0 Å². The van der Waals surface area contributed by atoms with E-state index in [-0.39, 0.29) is 11.4 Å². The molecule has 0 saturated carbocycles. The first-order valence-corrected chi connectivity index (χ1v) is 9.36. The fraction of sp³-hybridized carbons (Fsp3) is 0.100. The maximum atomic E-state index is 13.2. The summed E-state index contributed by atoms with van der Waals surface area (Å²) >= 11 is 1.49. The van der Waals surface area contributed by atoms with E-state index in [1.54, 1.807) is 12.1 Å². The lowest BCUT2D eigenvalue weighted by atomic mass is 10.1. The highest BCUT2D eigenvalue weighted by molar-refractivity contribution is 7.09. The van der Waals surface area contributed by atoms with Crippen LogP contribution in [0.3, 0.4) is 0 Å². The van der Waals surface area contributed by atoms with Gasteiger partial charge in [-0.15, -0.1) is 11.3 Å². The molecule has 0 aliphatic rings. The molecule has 3 N–H and O–H groups in total. The Morgan fingerprint density at radius 3 is 2.17 bits per heavy atom. The lowest BCUT2D eigenvalue weighted by Crippen LogP contribution is -2.28. The summed E-state index contributed by atoms with van der Waals surface area (Å²) in [4.78, 5) is 25.5. The van der Waals surface area contributed by atoms with Crippen LogP contribution in [0.25, 0.3) is 0 Å². The van der Waals surface area contributed by atoms with E-state index in [4.69, 9.17) is 0 Å². The van der Waals surface area contributed by atoms with Gasteiger partial charge in [-0.05, 0) is 35.7 Å². The van der Waals surface area contributed by atoms with Crippen molar-refractivity contribution in [2.75, 3.05) is 10.6 Å². The smallest absolute Gasteiger partial charge is 0.333 e. The highest BCUT2D eigenvalue weighted by Crippen LogP contribution is 2.32. The Hall–Kier alpha value is -3.33. The predicted octanol–water partition coefficient (Wildman–Crippen LogP) is 5.34. The molecule has 29 heavy (non-hydrogen) atoms. The van der Waals surface area contributed by atoms with E-state index in [1.807, 2.05) is 17.5 Å². The number of benzene rings is 2. The Morgan fingerprint density at radius 2 is 1.52 bits per heavy atom. The van der Waals surface area contributed by atoms with Gasteiger partial charge in [0.05, 0.1) is 29.0 Å². The van der Waals surface area contributed by atoms with Gasteiger partial charge in [-0.2, -0.15) is 13.2 Å². The average Bonchev–Trinajstić information content (AvgIpc) is 3.21. The summed E-state index contributed by atoms with van der Waals surface area (Å²) in [6.07, 6.45) is -4.66. The minimum absolute atomic E-state index is 0.181. The zero-order valence-corrected chi connectivity index (χ0v) is 15.7. The first-order valence-electron chi connectivity index (χ1n) is 8.48. The number of urea groups is 1. The Labute approximate surface area is 168 Å². The Balaban J connectivity index is 1.72. The number of hydrogen-bond acceptors (Lipinski definition) is 3. The molecule has 9 heteroatoms. The van der Waals surface area contributed by atoms with Crippen LogP contribution in [-0.2, 0) is 12.7 Å². The maximum absolute atomic E-state index is 13.2. The van der Waals surface area contributed by atoms with E-state index in [1.165, 1.54) is 35.6 Å². The van der Waals surface area contributed by atoms with Crippen LogP contribution in [-0.4, -0.2) is 11.9 Å². The van der Waals surface area contributed by atoms with Crippen molar-refractivity contribution in [2.45, 2.75) is 12.7 Å². The molecule has 0 unspecified atom stereocenters. The summed E-state index contributed by atoms with van der Waals surface area (Å²) in [7, 11) is 0. The standard InChI is InChI=1S/C20H16F3N3O2S/c21-20(22,23)15-8-2-1-7-14(15)18(27)25-16-9-3-4-10-17(16)26-19(28)24-12-13-6-5-11-29-13/h1-11H,12H2,(H,25,27)(H2,24,26,28). The molecule has 0 spiro atoms. The van der Waals surface area contributed by atoms with Crippen molar-refractivity contribution < 1.29 is 22.8 Å². The highest BCUT2D eigenvalue weighted by atomic mass is 32.1. The number of para-hydroxylation sites is 2. The van der Waals surface area contributed by atoms with Crippen LogP contribution >= 0.6 is 11.3 Å². The Bertz CT molecular complexity index is 1000. The van der Waals surface area contributed by atoms with Crippen LogP contribution in [0.2, 0.25) is 0 Å².